The molecule has 1 aromatic heterocycles. The zero-order chi connectivity index (χ0) is 14.8. The van der Waals surface area contributed by atoms with Gasteiger partial charge in [0.25, 0.3) is 0 Å². The average Bonchev–Trinajstić information content (AvgIpc) is 2.75. The molecule has 110 valence electrons. The number of hydrogen-bond donors (Lipinski definition) is 0. The first-order valence-corrected chi connectivity index (χ1v) is 7.72. The minimum Gasteiger partial charge on any atom is -0.444 e. The fraction of sp³-hybridized carbons (Fsp3) is 0.615. The molecule has 0 radical (unpaired) electrons. The Morgan fingerprint density at radius 1 is 1.55 bits per heavy atom. The van der Waals surface area contributed by atoms with Gasteiger partial charge in [0.15, 0.2) is 0 Å². The second-order valence-corrected chi connectivity index (χ2v) is 7.28. The molecule has 0 aliphatic carbocycles. The van der Waals surface area contributed by atoms with E-state index < -0.39 is 5.60 Å². The Hall–Kier alpha value is -1.01. The lowest BCUT2D eigenvalue weighted by atomic mass is 10.2. The molecule has 0 bridgehead atoms. The molecule has 20 heavy (non-hydrogen) atoms. The van der Waals surface area contributed by atoms with Crippen LogP contribution < -0.4 is 0 Å². The van der Waals surface area contributed by atoms with E-state index in [0.29, 0.717) is 18.3 Å². The summed E-state index contributed by atoms with van der Waals surface area (Å²) >= 11 is 7.38. The molecule has 1 aromatic rings. The molecule has 0 N–H and O–H groups in total. The van der Waals surface area contributed by atoms with Crippen LogP contribution in [0.5, 0.6) is 0 Å². The standard InChI is InChI=1S/C13H18ClN3O2S/c1-13(2,3)19-12(18)17-7-5-9(8-17)20-10-4-6-15-11(14)16-10/h4,6,9H,5,7-8H2,1-3H3/t9-/m0/s1. The number of carbonyl (C=O) groups is 1. The van der Waals surface area contributed by atoms with Crippen LogP contribution in [-0.4, -0.2) is 44.9 Å². The third-order valence-electron chi connectivity index (χ3n) is 2.68. The summed E-state index contributed by atoms with van der Waals surface area (Å²) in [4.78, 5) is 21.7. The van der Waals surface area contributed by atoms with Gasteiger partial charge in [-0.1, -0.05) is 0 Å². The lowest BCUT2D eigenvalue weighted by Crippen LogP contribution is -2.35. The fourth-order valence-corrected chi connectivity index (χ4v) is 3.17. The first-order valence-electron chi connectivity index (χ1n) is 6.46. The topological polar surface area (TPSA) is 55.3 Å². The van der Waals surface area contributed by atoms with Gasteiger partial charge in [0.05, 0.1) is 0 Å². The van der Waals surface area contributed by atoms with E-state index in [1.807, 2.05) is 26.8 Å². The Labute approximate surface area is 128 Å². The van der Waals surface area contributed by atoms with Crippen LogP contribution in [0.3, 0.4) is 0 Å². The average molecular weight is 316 g/mol. The van der Waals surface area contributed by atoms with E-state index in [9.17, 15) is 4.79 Å². The van der Waals surface area contributed by atoms with Crippen molar-refractivity contribution in [2.24, 2.45) is 0 Å². The molecule has 0 saturated carbocycles. The van der Waals surface area contributed by atoms with Gasteiger partial charge in [0.2, 0.25) is 5.28 Å². The van der Waals surface area contributed by atoms with Gasteiger partial charge in [-0.2, -0.15) is 0 Å². The predicted octanol–water partition coefficient (Wildman–Crippen LogP) is 3.23. The first-order chi connectivity index (χ1) is 9.33. The minimum atomic E-state index is -0.456. The molecule has 1 atom stereocenters. The molecule has 1 amide bonds. The van der Waals surface area contributed by atoms with Crippen LogP contribution in [0, 0.1) is 0 Å². The second-order valence-electron chi connectivity index (χ2n) is 5.62. The van der Waals surface area contributed by atoms with Crippen molar-refractivity contribution < 1.29 is 9.53 Å². The highest BCUT2D eigenvalue weighted by molar-refractivity contribution is 7.99. The molecule has 2 heterocycles. The van der Waals surface area contributed by atoms with Crippen molar-refractivity contribution in [2.75, 3.05) is 13.1 Å². The number of carbonyl (C=O) groups excluding carboxylic acids is 1. The summed E-state index contributed by atoms with van der Waals surface area (Å²) in [5.41, 5.74) is -0.456. The van der Waals surface area contributed by atoms with Crippen molar-refractivity contribution in [3.63, 3.8) is 0 Å². The van der Waals surface area contributed by atoms with E-state index in [4.69, 9.17) is 16.3 Å². The lowest BCUT2D eigenvalue weighted by Gasteiger charge is -2.24. The Morgan fingerprint density at radius 2 is 2.30 bits per heavy atom. The third-order valence-corrected chi connectivity index (χ3v) is 4.05. The van der Waals surface area contributed by atoms with Gasteiger partial charge in [-0.15, -0.1) is 11.8 Å². The maximum absolute atomic E-state index is 12.0. The van der Waals surface area contributed by atoms with Crippen LogP contribution in [0.25, 0.3) is 0 Å². The molecular weight excluding hydrogens is 298 g/mol. The van der Waals surface area contributed by atoms with E-state index in [0.717, 1.165) is 11.4 Å². The summed E-state index contributed by atoms with van der Waals surface area (Å²) in [6.45, 7) is 6.99. The number of likely N-dealkylation sites (tertiary alicyclic amines) is 1. The van der Waals surface area contributed by atoms with Crippen molar-refractivity contribution in [3.05, 3.63) is 17.5 Å². The normalized spacial score (nSPS) is 19.2. The van der Waals surface area contributed by atoms with Crippen LogP contribution in [0.2, 0.25) is 5.28 Å². The van der Waals surface area contributed by atoms with Crippen LogP contribution in [0.4, 0.5) is 4.79 Å². The molecule has 2 rings (SSSR count). The molecule has 0 aromatic carbocycles. The number of halogens is 1. The van der Waals surface area contributed by atoms with Gasteiger partial charge in [-0.05, 0) is 44.9 Å². The molecule has 7 heteroatoms. The van der Waals surface area contributed by atoms with Crippen molar-refractivity contribution in [1.29, 1.82) is 0 Å². The maximum Gasteiger partial charge on any atom is 0.410 e. The highest BCUT2D eigenvalue weighted by atomic mass is 35.5. The summed E-state index contributed by atoms with van der Waals surface area (Å²) in [5.74, 6) is 0. The van der Waals surface area contributed by atoms with E-state index in [1.165, 1.54) is 0 Å². The van der Waals surface area contributed by atoms with Gasteiger partial charge in [0.1, 0.15) is 10.6 Å². The van der Waals surface area contributed by atoms with E-state index in [2.05, 4.69) is 9.97 Å². The predicted molar refractivity (Wildman–Crippen MR) is 79.1 cm³/mol. The first kappa shape index (κ1) is 15.4. The van der Waals surface area contributed by atoms with Crippen molar-refractivity contribution >= 4 is 29.5 Å². The van der Waals surface area contributed by atoms with Crippen LogP contribution in [0.1, 0.15) is 27.2 Å². The minimum absolute atomic E-state index is 0.247. The molecule has 1 aliphatic heterocycles. The number of nitrogens with zero attached hydrogens (tertiary/aromatic N) is 3. The number of thioether (sulfide) groups is 1. The highest BCUT2D eigenvalue weighted by Gasteiger charge is 2.30. The maximum atomic E-state index is 12.0. The van der Waals surface area contributed by atoms with E-state index >= 15 is 0 Å². The molecule has 1 saturated heterocycles. The fourth-order valence-electron chi connectivity index (χ4n) is 1.87. The smallest absolute Gasteiger partial charge is 0.410 e. The summed E-state index contributed by atoms with van der Waals surface area (Å²) in [5, 5.41) is 1.39. The summed E-state index contributed by atoms with van der Waals surface area (Å²) < 4.78 is 5.37. The quantitative estimate of drug-likeness (QED) is 0.619. The van der Waals surface area contributed by atoms with E-state index in [-0.39, 0.29) is 11.4 Å². The number of amides is 1. The SMILES string of the molecule is CC(C)(C)OC(=O)N1CC[C@H](Sc2ccnc(Cl)n2)C1. The Morgan fingerprint density at radius 3 is 2.95 bits per heavy atom. The van der Waals surface area contributed by atoms with Gasteiger partial charge in [-0.3, -0.25) is 0 Å². The third kappa shape index (κ3) is 4.52. The summed E-state index contributed by atoms with van der Waals surface area (Å²) in [6, 6.07) is 1.83. The molecular formula is C13H18ClN3O2S. The zero-order valence-electron chi connectivity index (χ0n) is 11.8. The number of aromatic nitrogens is 2. The Balaban J connectivity index is 1.88. The van der Waals surface area contributed by atoms with E-state index in [1.54, 1.807) is 22.9 Å². The lowest BCUT2D eigenvalue weighted by molar-refractivity contribution is 0.0295. The van der Waals surface area contributed by atoms with Gasteiger partial charge in [0, 0.05) is 24.5 Å². The van der Waals surface area contributed by atoms with Gasteiger partial charge in [-0.25, -0.2) is 14.8 Å². The molecule has 0 spiro atoms. The second kappa shape index (κ2) is 6.18. The van der Waals surface area contributed by atoms with Crippen molar-refractivity contribution in [3.8, 4) is 0 Å². The number of rotatable bonds is 2. The largest absolute Gasteiger partial charge is 0.444 e. The number of ether oxygens (including phenoxy) is 1. The summed E-state index contributed by atoms with van der Waals surface area (Å²) in [6.07, 6.45) is 2.31. The summed E-state index contributed by atoms with van der Waals surface area (Å²) in [7, 11) is 0. The highest BCUT2D eigenvalue weighted by Crippen LogP contribution is 2.29. The molecule has 5 nitrogen and oxygen atoms in total. The van der Waals surface area contributed by atoms with Crippen LogP contribution in [-0.2, 0) is 4.74 Å². The van der Waals surface area contributed by atoms with Crippen LogP contribution in [0.15, 0.2) is 17.3 Å². The molecule has 0 unspecified atom stereocenters. The van der Waals surface area contributed by atoms with Crippen molar-refractivity contribution in [2.45, 2.75) is 43.1 Å². The Kier molecular flexibility index (Phi) is 4.75. The molecule has 1 aliphatic rings. The Bertz CT molecular complexity index is 493. The molecule has 1 fully saturated rings. The number of hydrogen-bond acceptors (Lipinski definition) is 5. The van der Waals surface area contributed by atoms with Crippen molar-refractivity contribution in [1.82, 2.24) is 14.9 Å². The monoisotopic (exact) mass is 315 g/mol. The zero-order valence-corrected chi connectivity index (χ0v) is 13.4. The van der Waals surface area contributed by atoms with Crippen LogP contribution >= 0.6 is 23.4 Å². The van der Waals surface area contributed by atoms with Gasteiger partial charge >= 0.3 is 6.09 Å². The van der Waals surface area contributed by atoms with Gasteiger partial charge < -0.3 is 9.64 Å².